The smallest absolute Gasteiger partial charge is 0.0706 e. The lowest BCUT2D eigenvalue weighted by Gasteiger charge is -2.10. The van der Waals surface area contributed by atoms with Gasteiger partial charge in [0.15, 0.2) is 0 Å². The molecule has 74 valence electrons. The summed E-state index contributed by atoms with van der Waals surface area (Å²) >= 11 is 0. The van der Waals surface area contributed by atoms with E-state index in [0.717, 1.165) is 23.0 Å². The minimum Gasteiger partial charge on any atom is -0.399 e. The quantitative estimate of drug-likeness (QED) is 0.738. The zero-order chi connectivity index (χ0) is 10.1. The average molecular weight is 189 g/mol. The molecule has 0 aliphatic heterocycles. The van der Waals surface area contributed by atoms with Crippen LogP contribution in [0, 0.1) is 0 Å². The molecule has 2 rings (SSSR count). The van der Waals surface area contributed by atoms with Crippen LogP contribution in [0.15, 0.2) is 24.4 Å². The number of nitrogen functional groups attached to an aromatic ring is 1. The summed E-state index contributed by atoms with van der Waals surface area (Å²) in [5.74, 6) is 0. The molecule has 0 spiro atoms. The van der Waals surface area contributed by atoms with Gasteiger partial charge < -0.3 is 5.73 Å². The summed E-state index contributed by atoms with van der Waals surface area (Å²) < 4.78 is 2.03. The highest BCUT2D eigenvalue weighted by atomic mass is 15.3. The second-order valence-corrected chi connectivity index (χ2v) is 3.66. The number of hydrogen-bond donors (Lipinski definition) is 1. The van der Waals surface area contributed by atoms with Gasteiger partial charge in [0.25, 0.3) is 0 Å². The molecule has 0 aliphatic rings. The zero-order valence-electron chi connectivity index (χ0n) is 8.57. The van der Waals surface area contributed by atoms with Crippen LogP contribution in [0.4, 0.5) is 5.69 Å². The molecule has 14 heavy (non-hydrogen) atoms. The van der Waals surface area contributed by atoms with Gasteiger partial charge in [0.1, 0.15) is 0 Å². The summed E-state index contributed by atoms with van der Waals surface area (Å²) in [5, 5.41) is 5.52. The van der Waals surface area contributed by atoms with Crippen LogP contribution in [0.25, 0.3) is 10.9 Å². The molecule has 3 heteroatoms. The van der Waals surface area contributed by atoms with E-state index in [0.29, 0.717) is 6.04 Å². The molecule has 3 nitrogen and oxygen atoms in total. The summed E-state index contributed by atoms with van der Waals surface area (Å²) in [4.78, 5) is 0. The third kappa shape index (κ3) is 1.35. The van der Waals surface area contributed by atoms with Gasteiger partial charge >= 0.3 is 0 Å². The van der Waals surface area contributed by atoms with Crippen molar-refractivity contribution < 1.29 is 0 Å². The molecule has 0 saturated carbocycles. The monoisotopic (exact) mass is 189 g/mol. The van der Waals surface area contributed by atoms with Crippen LogP contribution >= 0.6 is 0 Å². The molecular formula is C11H15N3. The molecule has 1 aromatic carbocycles. The SMILES string of the molecule is CCC(C)n1ncc2ccc(N)cc21. The van der Waals surface area contributed by atoms with Gasteiger partial charge in [0.05, 0.1) is 11.7 Å². The maximum absolute atomic E-state index is 5.75. The third-order valence-corrected chi connectivity index (χ3v) is 2.63. The van der Waals surface area contributed by atoms with Crippen molar-refractivity contribution in [2.45, 2.75) is 26.3 Å². The largest absolute Gasteiger partial charge is 0.399 e. The lowest BCUT2D eigenvalue weighted by molar-refractivity contribution is 0.493. The number of fused-ring (bicyclic) bond motifs is 1. The fraction of sp³-hybridized carbons (Fsp3) is 0.364. The molecular weight excluding hydrogens is 174 g/mol. The molecule has 1 atom stereocenters. The molecule has 0 aliphatic carbocycles. The van der Waals surface area contributed by atoms with Crippen molar-refractivity contribution >= 4 is 16.6 Å². The van der Waals surface area contributed by atoms with Gasteiger partial charge in [-0.1, -0.05) is 6.92 Å². The number of rotatable bonds is 2. The van der Waals surface area contributed by atoms with Crippen LogP contribution in [-0.2, 0) is 0 Å². The topological polar surface area (TPSA) is 43.8 Å². The van der Waals surface area contributed by atoms with E-state index < -0.39 is 0 Å². The first kappa shape index (κ1) is 9.06. The van der Waals surface area contributed by atoms with Crippen molar-refractivity contribution in [2.24, 2.45) is 0 Å². The Morgan fingerprint density at radius 3 is 3.00 bits per heavy atom. The van der Waals surface area contributed by atoms with E-state index in [1.54, 1.807) is 0 Å². The van der Waals surface area contributed by atoms with Crippen LogP contribution in [0.2, 0.25) is 0 Å². The van der Waals surface area contributed by atoms with E-state index in [2.05, 4.69) is 18.9 Å². The zero-order valence-corrected chi connectivity index (χ0v) is 8.57. The minimum atomic E-state index is 0.425. The van der Waals surface area contributed by atoms with E-state index >= 15 is 0 Å². The maximum Gasteiger partial charge on any atom is 0.0706 e. The number of nitrogens with two attached hydrogens (primary N) is 1. The van der Waals surface area contributed by atoms with Crippen LogP contribution in [0.3, 0.4) is 0 Å². The highest BCUT2D eigenvalue weighted by Gasteiger charge is 2.07. The highest BCUT2D eigenvalue weighted by molar-refractivity contribution is 5.81. The van der Waals surface area contributed by atoms with Crippen molar-refractivity contribution in [3.8, 4) is 0 Å². The molecule has 1 aromatic heterocycles. The number of nitrogens with zero attached hydrogens (tertiary/aromatic N) is 2. The Balaban J connectivity index is 2.61. The van der Waals surface area contributed by atoms with Crippen molar-refractivity contribution in [1.29, 1.82) is 0 Å². The Morgan fingerprint density at radius 1 is 1.50 bits per heavy atom. The molecule has 0 bridgehead atoms. The van der Waals surface area contributed by atoms with Crippen LogP contribution in [-0.4, -0.2) is 9.78 Å². The predicted octanol–water partition coefficient (Wildman–Crippen LogP) is 2.59. The number of aromatic nitrogens is 2. The van der Waals surface area contributed by atoms with Gasteiger partial charge in [-0.25, -0.2) is 0 Å². The number of hydrogen-bond acceptors (Lipinski definition) is 2. The van der Waals surface area contributed by atoms with Gasteiger partial charge in [0.2, 0.25) is 0 Å². The Kier molecular flexibility index (Phi) is 2.15. The molecule has 0 saturated heterocycles. The predicted molar refractivity (Wildman–Crippen MR) is 59.1 cm³/mol. The Labute approximate surface area is 83.5 Å². The van der Waals surface area contributed by atoms with E-state index in [1.165, 1.54) is 0 Å². The maximum atomic E-state index is 5.75. The molecule has 0 fully saturated rings. The van der Waals surface area contributed by atoms with E-state index in [9.17, 15) is 0 Å². The van der Waals surface area contributed by atoms with Crippen molar-refractivity contribution in [3.63, 3.8) is 0 Å². The first-order valence-electron chi connectivity index (χ1n) is 4.95. The Morgan fingerprint density at radius 2 is 2.29 bits per heavy atom. The molecule has 1 unspecified atom stereocenters. The summed E-state index contributed by atoms with van der Waals surface area (Å²) in [6.07, 6.45) is 2.96. The second kappa shape index (κ2) is 3.33. The highest BCUT2D eigenvalue weighted by Crippen LogP contribution is 2.21. The van der Waals surface area contributed by atoms with E-state index in [4.69, 9.17) is 5.73 Å². The molecule has 2 aromatic rings. The Bertz CT molecular complexity index is 445. The molecule has 2 N–H and O–H groups in total. The summed E-state index contributed by atoms with van der Waals surface area (Å²) in [6.45, 7) is 4.32. The van der Waals surface area contributed by atoms with Crippen molar-refractivity contribution in [2.75, 3.05) is 5.73 Å². The van der Waals surface area contributed by atoms with Gasteiger partial charge in [-0.15, -0.1) is 0 Å². The van der Waals surface area contributed by atoms with E-state index in [1.807, 2.05) is 29.1 Å². The Hall–Kier alpha value is -1.51. The first-order valence-corrected chi connectivity index (χ1v) is 4.95. The molecule has 0 radical (unpaired) electrons. The lowest BCUT2D eigenvalue weighted by Crippen LogP contribution is -2.05. The van der Waals surface area contributed by atoms with Gasteiger partial charge in [0, 0.05) is 17.1 Å². The number of anilines is 1. The standard InChI is InChI=1S/C11H15N3/c1-3-8(2)14-11-6-10(12)5-4-9(11)7-13-14/h4-8H,3,12H2,1-2H3. The average Bonchev–Trinajstić information content (AvgIpc) is 2.59. The fourth-order valence-corrected chi connectivity index (χ4v) is 1.58. The second-order valence-electron chi connectivity index (χ2n) is 3.66. The normalized spacial score (nSPS) is 13.3. The van der Waals surface area contributed by atoms with Crippen molar-refractivity contribution in [3.05, 3.63) is 24.4 Å². The van der Waals surface area contributed by atoms with Crippen molar-refractivity contribution in [1.82, 2.24) is 9.78 Å². The summed E-state index contributed by atoms with van der Waals surface area (Å²) in [6, 6.07) is 6.32. The number of benzene rings is 1. The van der Waals surface area contributed by atoms with Crippen LogP contribution < -0.4 is 5.73 Å². The van der Waals surface area contributed by atoms with E-state index in [-0.39, 0.29) is 0 Å². The fourth-order valence-electron chi connectivity index (χ4n) is 1.58. The van der Waals surface area contributed by atoms with Gasteiger partial charge in [-0.05, 0) is 31.5 Å². The third-order valence-electron chi connectivity index (χ3n) is 2.63. The summed E-state index contributed by atoms with van der Waals surface area (Å²) in [7, 11) is 0. The van der Waals surface area contributed by atoms with Crippen LogP contribution in [0.5, 0.6) is 0 Å². The minimum absolute atomic E-state index is 0.425. The first-order chi connectivity index (χ1) is 6.72. The van der Waals surface area contributed by atoms with Gasteiger partial charge in [-0.3, -0.25) is 4.68 Å². The van der Waals surface area contributed by atoms with Gasteiger partial charge in [-0.2, -0.15) is 5.10 Å². The lowest BCUT2D eigenvalue weighted by atomic mass is 10.2. The molecule has 1 heterocycles. The molecule has 0 amide bonds. The summed E-state index contributed by atoms with van der Waals surface area (Å²) in [5.41, 5.74) is 7.67. The van der Waals surface area contributed by atoms with Crippen LogP contribution in [0.1, 0.15) is 26.3 Å².